The minimum Gasteiger partial charge on any atom is -0.481 e. The van der Waals surface area contributed by atoms with Crippen molar-refractivity contribution in [2.75, 3.05) is 13.1 Å². The van der Waals surface area contributed by atoms with E-state index in [1.165, 1.54) is 0 Å². The van der Waals surface area contributed by atoms with Gasteiger partial charge in [-0.3, -0.25) is 4.79 Å². The Bertz CT molecular complexity index is 369. The number of carboxylic acid groups (broad SMARTS) is 1. The third-order valence-electron chi connectivity index (χ3n) is 2.97. The van der Waals surface area contributed by atoms with Crippen LogP contribution in [0.2, 0.25) is 0 Å². The van der Waals surface area contributed by atoms with Crippen LogP contribution in [0.1, 0.15) is 33.1 Å². The van der Waals surface area contributed by atoms with Gasteiger partial charge in [0.2, 0.25) is 0 Å². The predicted molar refractivity (Wildman–Crippen MR) is 64.8 cm³/mol. The quantitative estimate of drug-likeness (QED) is 0.743. The van der Waals surface area contributed by atoms with Gasteiger partial charge in [0, 0.05) is 19.1 Å². The summed E-state index contributed by atoms with van der Waals surface area (Å²) in [6.45, 7) is 3.61. The largest absolute Gasteiger partial charge is 0.481 e. The van der Waals surface area contributed by atoms with Gasteiger partial charge in [0.15, 0.2) is 0 Å². The third kappa shape index (κ3) is 3.91. The molecule has 0 bridgehead atoms. The van der Waals surface area contributed by atoms with E-state index in [0.717, 1.165) is 12.8 Å². The highest BCUT2D eigenvalue weighted by Crippen LogP contribution is 2.27. The van der Waals surface area contributed by atoms with Gasteiger partial charge in [0.25, 0.3) is 0 Å². The first-order chi connectivity index (χ1) is 8.38. The summed E-state index contributed by atoms with van der Waals surface area (Å²) in [4.78, 5) is 24.5. The first kappa shape index (κ1) is 14.3. The number of carbonyl (C=O) groups excluding carboxylic acids is 1. The molecule has 0 atom stereocenters. The second-order valence-corrected chi connectivity index (χ2v) is 5.18. The van der Waals surface area contributed by atoms with Gasteiger partial charge in [-0.1, -0.05) is 0 Å². The second-order valence-electron chi connectivity index (χ2n) is 5.18. The van der Waals surface area contributed by atoms with Crippen molar-refractivity contribution in [3.63, 3.8) is 0 Å². The molecule has 0 aliphatic heterocycles. The van der Waals surface area contributed by atoms with Crippen LogP contribution in [0.3, 0.4) is 0 Å². The fourth-order valence-electron chi connectivity index (χ4n) is 1.48. The molecule has 0 aromatic heterocycles. The Balaban J connectivity index is 2.47. The molecule has 1 saturated carbocycles. The number of nitrogens with zero attached hydrogens (tertiary/aromatic N) is 2. The Morgan fingerprint density at radius 3 is 2.56 bits per heavy atom. The number of amides is 2. The van der Waals surface area contributed by atoms with Gasteiger partial charge >= 0.3 is 12.0 Å². The molecular weight excluding hydrogens is 234 g/mol. The van der Waals surface area contributed by atoms with Crippen LogP contribution in [0.15, 0.2) is 0 Å². The molecule has 18 heavy (non-hydrogen) atoms. The fourth-order valence-corrected chi connectivity index (χ4v) is 1.48. The van der Waals surface area contributed by atoms with E-state index in [4.69, 9.17) is 10.4 Å². The van der Waals surface area contributed by atoms with Crippen molar-refractivity contribution in [2.45, 2.75) is 39.2 Å². The van der Waals surface area contributed by atoms with E-state index < -0.39 is 11.4 Å². The first-order valence-electron chi connectivity index (χ1n) is 6.03. The average Bonchev–Trinajstić information content (AvgIpc) is 3.11. The molecule has 0 spiro atoms. The zero-order valence-electron chi connectivity index (χ0n) is 10.8. The van der Waals surface area contributed by atoms with E-state index in [0.29, 0.717) is 13.0 Å². The Morgan fingerprint density at radius 1 is 1.50 bits per heavy atom. The zero-order valence-corrected chi connectivity index (χ0v) is 10.8. The number of hydrogen-bond donors (Lipinski definition) is 2. The van der Waals surface area contributed by atoms with Crippen molar-refractivity contribution < 1.29 is 14.7 Å². The van der Waals surface area contributed by atoms with Crippen LogP contribution >= 0.6 is 0 Å². The highest BCUT2D eigenvalue weighted by Gasteiger charge is 2.34. The number of rotatable bonds is 6. The highest BCUT2D eigenvalue weighted by atomic mass is 16.4. The van der Waals surface area contributed by atoms with Crippen LogP contribution in [0.25, 0.3) is 0 Å². The summed E-state index contributed by atoms with van der Waals surface area (Å²) in [6.07, 6.45) is 2.22. The number of nitrogens with one attached hydrogen (secondary N) is 1. The van der Waals surface area contributed by atoms with Crippen molar-refractivity contribution in [1.29, 1.82) is 5.26 Å². The third-order valence-corrected chi connectivity index (χ3v) is 2.97. The zero-order chi connectivity index (χ0) is 13.8. The molecule has 6 nitrogen and oxygen atoms in total. The van der Waals surface area contributed by atoms with Gasteiger partial charge in [-0.25, -0.2) is 4.79 Å². The standard InChI is InChI=1S/C12H19N3O3/c1-12(2,10(16)17)8-14-11(18)15(7-3-6-13)9-4-5-9/h9H,3-5,7-8H2,1-2H3,(H,14,18)(H,16,17). The molecule has 1 fully saturated rings. The number of urea groups is 1. The van der Waals surface area contributed by atoms with Crippen LogP contribution in [0.4, 0.5) is 4.79 Å². The summed E-state index contributed by atoms with van der Waals surface area (Å²) >= 11 is 0. The van der Waals surface area contributed by atoms with Crippen molar-refractivity contribution in [2.24, 2.45) is 5.41 Å². The molecule has 100 valence electrons. The molecule has 6 heteroatoms. The van der Waals surface area contributed by atoms with E-state index >= 15 is 0 Å². The Kier molecular flexibility index (Phi) is 4.54. The van der Waals surface area contributed by atoms with Crippen LogP contribution in [-0.4, -0.2) is 41.1 Å². The van der Waals surface area contributed by atoms with Crippen LogP contribution in [0.5, 0.6) is 0 Å². The summed E-state index contributed by atoms with van der Waals surface area (Å²) in [5, 5.41) is 20.1. The summed E-state index contributed by atoms with van der Waals surface area (Å²) in [5.74, 6) is -0.946. The average molecular weight is 253 g/mol. The van der Waals surface area contributed by atoms with E-state index in [2.05, 4.69) is 5.32 Å². The van der Waals surface area contributed by atoms with E-state index in [1.54, 1.807) is 18.7 Å². The van der Waals surface area contributed by atoms with Crippen molar-refractivity contribution >= 4 is 12.0 Å². The maximum Gasteiger partial charge on any atom is 0.317 e. The predicted octanol–water partition coefficient (Wildman–Crippen LogP) is 1.18. The van der Waals surface area contributed by atoms with Crippen LogP contribution in [-0.2, 0) is 4.79 Å². The molecule has 0 heterocycles. The maximum absolute atomic E-state index is 11.9. The molecule has 1 aliphatic carbocycles. The Morgan fingerprint density at radius 2 is 2.11 bits per heavy atom. The van der Waals surface area contributed by atoms with Gasteiger partial charge < -0.3 is 15.3 Å². The number of carbonyl (C=O) groups is 2. The summed E-state index contributed by atoms with van der Waals surface area (Å²) in [5.41, 5.74) is -0.986. The van der Waals surface area contributed by atoms with Gasteiger partial charge in [0.05, 0.1) is 17.9 Å². The van der Waals surface area contributed by atoms with E-state index in [9.17, 15) is 9.59 Å². The normalized spacial score (nSPS) is 14.7. The molecule has 1 rings (SSSR count). The van der Waals surface area contributed by atoms with Crippen molar-refractivity contribution in [3.05, 3.63) is 0 Å². The number of nitriles is 1. The lowest BCUT2D eigenvalue weighted by Gasteiger charge is -2.25. The molecule has 2 N–H and O–H groups in total. The van der Waals surface area contributed by atoms with Crippen LogP contribution in [0, 0.1) is 16.7 Å². The number of aliphatic carboxylic acids is 1. The molecular formula is C12H19N3O3. The fraction of sp³-hybridized carbons (Fsp3) is 0.750. The molecule has 1 aliphatic rings. The van der Waals surface area contributed by atoms with E-state index in [1.807, 2.05) is 6.07 Å². The van der Waals surface area contributed by atoms with Gasteiger partial charge in [-0.2, -0.15) is 5.26 Å². The molecule has 2 amide bonds. The van der Waals surface area contributed by atoms with Gasteiger partial charge in [0.1, 0.15) is 0 Å². The Labute approximate surface area is 107 Å². The highest BCUT2D eigenvalue weighted by molar-refractivity contribution is 5.78. The lowest BCUT2D eigenvalue weighted by molar-refractivity contribution is -0.146. The van der Waals surface area contributed by atoms with Crippen molar-refractivity contribution in [3.8, 4) is 6.07 Å². The minimum absolute atomic E-state index is 0.0803. The van der Waals surface area contributed by atoms with Gasteiger partial charge in [-0.05, 0) is 26.7 Å². The van der Waals surface area contributed by atoms with Gasteiger partial charge in [-0.15, -0.1) is 0 Å². The summed E-state index contributed by atoms with van der Waals surface area (Å²) in [7, 11) is 0. The smallest absolute Gasteiger partial charge is 0.317 e. The SMILES string of the molecule is CC(C)(CNC(=O)N(CCC#N)C1CC1)C(=O)O. The maximum atomic E-state index is 11.9. The molecule has 0 aromatic carbocycles. The summed E-state index contributed by atoms with van der Waals surface area (Å²) < 4.78 is 0. The minimum atomic E-state index is -0.986. The summed E-state index contributed by atoms with van der Waals surface area (Å²) in [6, 6.07) is 1.95. The Hall–Kier alpha value is -1.77. The second kappa shape index (κ2) is 5.71. The molecule has 0 radical (unpaired) electrons. The number of hydrogen-bond acceptors (Lipinski definition) is 3. The molecule has 0 saturated heterocycles. The monoisotopic (exact) mass is 253 g/mol. The lowest BCUT2D eigenvalue weighted by atomic mass is 9.94. The number of carboxylic acids is 1. The first-order valence-corrected chi connectivity index (χ1v) is 6.03. The topological polar surface area (TPSA) is 93.4 Å². The molecule has 0 unspecified atom stereocenters. The van der Waals surface area contributed by atoms with Crippen molar-refractivity contribution in [1.82, 2.24) is 10.2 Å². The lowest BCUT2D eigenvalue weighted by Crippen LogP contribution is -2.46. The molecule has 0 aromatic rings. The van der Waals surface area contributed by atoms with Crippen LogP contribution < -0.4 is 5.32 Å². The van der Waals surface area contributed by atoms with E-state index in [-0.39, 0.29) is 18.6 Å².